The first-order valence-corrected chi connectivity index (χ1v) is 13.2. The van der Waals surface area contributed by atoms with Gasteiger partial charge in [0.25, 0.3) is 0 Å². The Bertz CT molecular complexity index is 926. The molecule has 34 heavy (non-hydrogen) atoms. The van der Waals surface area contributed by atoms with Crippen LogP contribution in [0.25, 0.3) is 5.69 Å². The van der Waals surface area contributed by atoms with E-state index in [-0.39, 0.29) is 12.1 Å². The third kappa shape index (κ3) is 5.57. The van der Waals surface area contributed by atoms with E-state index in [0.29, 0.717) is 12.6 Å². The molecule has 2 aliphatic rings. The number of aryl methyl sites for hydroxylation is 1. The van der Waals surface area contributed by atoms with Crippen LogP contribution in [0.3, 0.4) is 0 Å². The molecule has 0 bridgehead atoms. The zero-order valence-electron chi connectivity index (χ0n) is 21.5. The highest BCUT2D eigenvalue weighted by atomic mass is 16.2. The summed E-state index contributed by atoms with van der Waals surface area (Å²) in [6.45, 7) is 14.2. The molecule has 1 N–H and O–H groups in total. The number of hydrogen-bond acceptors (Lipinski definition) is 4. The number of urea groups is 1. The van der Waals surface area contributed by atoms with Crippen molar-refractivity contribution in [3.05, 3.63) is 41.6 Å². The van der Waals surface area contributed by atoms with Gasteiger partial charge in [-0.3, -0.25) is 0 Å². The van der Waals surface area contributed by atoms with Gasteiger partial charge in [-0.25, -0.2) is 9.48 Å². The molecule has 4 rings (SSSR count). The van der Waals surface area contributed by atoms with Gasteiger partial charge >= 0.3 is 6.03 Å². The minimum atomic E-state index is 0.0514. The number of nitrogens with zero attached hydrogens (tertiary/aromatic N) is 5. The first-order valence-electron chi connectivity index (χ1n) is 13.2. The number of hydrogen-bond donors (Lipinski definition) is 1. The van der Waals surface area contributed by atoms with Gasteiger partial charge in [0.1, 0.15) is 5.82 Å². The summed E-state index contributed by atoms with van der Waals surface area (Å²) >= 11 is 0. The van der Waals surface area contributed by atoms with Crippen molar-refractivity contribution in [1.82, 2.24) is 24.9 Å². The van der Waals surface area contributed by atoms with Gasteiger partial charge in [0.2, 0.25) is 0 Å². The smallest absolute Gasteiger partial charge is 0.318 e. The second-order valence-corrected chi connectivity index (χ2v) is 10.1. The number of benzene rings is 1. The van der Waals surface area contributed by atoms with Gasteiger partial charge in [-0.1, -0.05) is 44.4 Å². The fourth-order valence-corrected chi connectivity index (χ4v) is 5.25. The molecule has 1 aliphatic carbocycles. The molecule has 2 amide bonds. The zero-order valence-corrected chi connectivity index (χ0v) is 21.5. The molecule has 1 saturated carbocycles. The summed E-state index contributed by atoms with van der Waals surface area (Å²) in [6, 6.07) is 10.8. The Kier molecular flexibility index (Phi) is 8.14. The van der Waals surface area contributed by atoms with Crippen molar-refractivity contribution in [2.75, 3.05) is 37.6 Å². The summed E-state index contributed by atoms with van der Waals surface area (Å²) < 4.78 is 2.09. The fourth-order valence-electron chi connectivity index (χ4n) is 5.25. The SMILES string of the molecule is CCN1CCN(c2c(CN(C(=O)NC3CCCCC3)C(C)C)c(C)nn2-c2ccccc2)CC1. The van der Waals surface area contributed by atoms with Gasteiger partial charge in [0, 0.05) is 43.8 Å². The number of carbonyl (C=O) groups excluding carboxylic acids is 1. The summed E-state index contributed by atoms with van der Waals surface area (Å²) in [7, 11) is 0. The van der Waals surface area contributed by atoms with Crippen LogP contribution < -0.4 is 10.2 Å². The first-order chi connectivity index (χ1) is 16.5. The van der Waals surface area contributed by atoms with Gasteiger partial charge in [-0.2, -0.15) is 5.10 Å². The number of nitrogens with one attached hydrogen (secondary N) is 1. The van der Waals surface area contributed by atoms with Crippen LogP contribution >= 0.6 is 0 Å². The first kappa shape index (κ1) is 24.6. The van der Waals surface area contributed by atoms with E-state index in [1.807, 2.05) is 11.0 Å². The summed E-state index contributed by atoms with van der Waals surface area (Å²) in [5.74, 6) is 1.13. The summed E-state index contributed by atoms with van der Waals surface area (Å²) in [5, 5.41) is 8.32. The molecule has 2 aromatic rings. The van der Waals surface area contributed by atoms with Crippen molar-refractivity contribution in [3.63, 3.8) is 0 Å². The molecule has 7 nitrogen and oxygen atoms in total. The number of anilines is 1. The maximum Gasteiger partial charge on any atom is 0.318 e. The lowest BCUT2D eigenvalue weighted by Crippen LogP contribution is -2.49. The predicted octanol–water partition coefficient (Wildman–Crippen LogP) is 4.58. The van der Waals surface area contributed by atoms with Crippen LogP contribution in [0, 0.1) is 6.92 Å². The molecule has 1 saturated heterocycles. The molecule has 2 heterocycles. The van der Waals surface area contributed by atoms with Gasteiger partial charge in [-0.05, 0) is 52.3 Å². The normalized spacial score (nSPS) is 17.9. The van der Waals surface area contributed by atoms with Crippen LogP contribution in [-0.2, 0) is 6.54 Å². The van der Waals surface area contributed by atoms with Crippen molar-refractivity contribution in [3.8, 4) is 5.69 Å². The van der Waals surface area contributed by atoms with Gasteiger partial charge in [0.05, 0.1) is 17.9 Å². The standard InChI is InChI=1S/C27H42N6O/c1-5-30-16-18-31(19-17-30)26-25(22(4)29-33(26)24-14-10-7-11-15-24)20-32(21(2)3)27(34)28-23-12-8-6-9-13-23/h7,10-11,14-15,21,23H,5-6,8-9,12-13,16-20H2,1-4H3,(H,28,34). The van der Waals surface area contributed by atoms with E-state index in [0.717, 1.165) is 68.3 Å². The Labute approximate surface area is 205 Å². The zero-order chi connectivity index (χ0) is 24.1. The van der Waals surface area contributed by atoms with Crippen molar-refractivity contribution in [2.24, 2.45) is 0 Å². The number of likely N-dealkylation sites (N-methyl/N-ethyl adjacent to an activating group) is 1. The Balaban J connectivity index is 1.64. The molecule has 7 heteroatoms. The van der Waals surface area contributed by atoms with E-state index < -0.39 is 0 Å². The van der Waals surface area contributed by atoms with E-state index >= 15 is 0 Å². The second-order valence-electron chi connectivity index (χ2n) is 10.1. The maximum atomic E-state index is 13.4. The molecule has 0 unspecified atom stereocenters. The van der Waals surface area contributed by atoms with E-state index in [2.05, 4.69) is 71.8 Å². The molecule has 0 atom stereocenters. The third-order valence-corrected chi connectivity index (χ3v) is 7.42. The van der Waals surface area contributed by atoms with Crippen molar-refractivity contribution in [2.45, 2.75) is 78.4 Å². The lowest BCUT2D eigenvalue weighted by molar-refractivity contribution is 0.172. The monoisotopic (exact) mass is 466 g/mol. The van der Waals surface area contributed by atoms with E-state index in [1.54, 1.807) is 0 Å². The summed E-state index contributed by atoms with van der Waals surface area (Å²) in [4.78, 5) is 20.3. The number of carbonyl (C=O) groups is 1. The van der Waals surface area contributed by atoms with Crippen molar-refractivity contribution >= 4 is 11.8 Å². The van der Waals surface area contributed by atoms with Gasteiger partial charge in [-0.15, -0.1) is 0 Å². The Morgan fingerprint density at radius 3 is 2.38 bits per heavy atom. The largest absolute Gasteiger partial charge is 0.354 e. The minimum absolute atomic E-state index is 0.0514. The number of piperazine rings is 1. The van der Waals surface area contributed by atoms with Crippen molar-refractivity contribution in [1.29, 1.82) is 0 Å². The van der Waals surface area contributed by atoms with Gasteiger partial charge in [0.15, 0.2) is 0 Å². The fraction of sp³-hybridized carbons (Fsp3) is 0.630. The van der Waals surface area contributed by atoms with E-state index in [1.165, 1.54) is 19.3 Å². The summed E-state index contributed by atoms with van der Waals surface area (Å²) in [6.07, 6.45) is 5.89. The molecular weight excluding hydrogens is 424 g/mol. The average Bonchev–Trinajstić information content (AvgIpc) is 3.19. The highest BCUT2D eigenvalue weighted by Gasteiger charge is 2.29. The third-order valence-electron chi connectivity index (χ3n) is 7.42. The molecule has 0 radical (unpaired) electrons. The Morgan fingerprint density at radius 2 is 1.76 bits per heavy atom. The number of rotatable bonds is 7. The summed E-state index contributed by atoms with van der Waals surface area (Å²) in [5.41, 5.74) is 3.21. The Morgan fingerprint density at radius 1 is 1.09 bits per heavy atom. The molecule has 1 aromatic heterocycles. The molecule has 2 fully saturated rings. The molecule has 186 valence electrons. The van der Waals surface area contributed by atoms with Crippen LogP contribution in [0.15, 0.2) is 30.3 Å². The number of aromatic nitrogens is 2. The second kappa shape index (κ2) is 11.3. The number of para-hydroxylation sites is 1. The highest BCUT2D eigenvalue weighted by Crippen LogP contribution is 2.30. The van der Waals surface area contributed by atoms with Crippen LogP contribution in [0.1, 0.15) is 64.1 Å². The van der Waals surface area contributed by atoms with E-state index in [9.17, 15) is 4.79 Å². The lowest BCUT2D eigenvalue weighted by atomic mass is 9.96. The minimum Gasteiger partial charge on any atom is -0.354 e. The Hall–Kier alpha value is -2.54. The molecule has 1 aliphatic heterocycles. The quantitative estimate of drug-likeness (QED) is 0.649. The molecule has 1 aromatic carbocycles. The lowest BCUT2D eigenvalue weighted by Gasteiger charge is -2.37. The topological polar surface area (TPSA) is 56.6 Å². The van der Waals surface area contributed by atoms with Gasteiger partial charge < -0.3 is 20.0 Å². The average molecular weight is 467 g/mol. The molecular formula is C27H42N6O. The van der Waals surface area contributed by atoms with Crippen LogP contribution in [-0.4, -0.2) is 70.4 Å². The van der Waals surface area contributed by atoms with Crippen LogP contribution in [0.2, 0.25) is 0 Å². The van der Waals surface area contributed by atoms with Crippen LogP contribution in [0.4, 0.5) is 10.6 Å². The predicted molar refractivity (Wildman–Crippen MR) is 139 cm³/mol. The number of amides is 2. The highest BCUT2D eigenvalue weighted by molar-refractivity contribution is 5.75. The molecule has 0 spiro atoms. The van der Waals surface area contributed by atoms with Crippen LogP contribution in [0.5, 0.6) is 0 Å². The van der Waals surface area contributed by atoms with Crippen molar-refractivity contribution < 1.29 is 4.79 Å². The van der Waals surface area contributed by atoms with E-state index in [4.69, 9.17) is 5.10 Å². The maximum absolute atomic E-state index is 13.4.